The first-order valence-corrected chi connectivity index (χ1v) is 33.1. The number of carbonyl (C=O) groups is 1. The summed E-state index contributed by atoms with van der Waals surface area (Å²) in [7, 11) is 1.26. The number of unbranched alkanes of at least 4 members (excludes halogenated alkanes) is 19. The van der Waals surface area contributed by atoms with Crippen LogP contribution in [-0.2, 0) is 18.4 Å². The van der Waals surface area contributed by atoms with Gasteiger partial charge >= 0.3 is 0 Å². The van der Waals surface area contributed by atoms with E-state index >= 15 is 0 Å². The molecule has 9 heteroatoms. The number of hydrogen-bond acceptors (Lipinski definition) is 6. The Labute approximate surface area is 487 Å². The van der Waals surface area contributed by atoms with Crippen LogP contribution >= 0.6 is 7.82 Å². The van der Waals surface area contributed by atoms with E-state index in [4.69, 9.17) is 9.05 Å². The molecular formula is C70H119N2O6P. The van der Waals surface area contributed by atoms with E-state index in [1.54, 1.807) is 0 Å². The molecule has 0 radical (unpaired) electrons. The molecule has 0 aliphatic rings. The molecule has 1 amide bonds. The molecule has 0 bridgehead atoms. The van der Waals surface area contributed by atoms with E-state index < -0.39 is 20.0 Å². The zero-order valence-electron chi connectivity index (χ0n) is 51.3. The van der Waals surface area contributed by atoms with Crippen LogP contribution in [0.5, 0.6) is 0 Å². The highest BCUT2D eigenvalue weighted by atomic mass is 31.2. The monoisotopic (exact) mass is 1110 g/mol. The molecule has 79 heavy (non-hydrogen) atoms. The number of phosphoric ester groups is 1. The molecule has 0 aromatic heterocycles. The fourth-order valence-electron chi connectivity index (χ4n) is 8.43. The van der Waals surface area contributed by atoms with Crippen molar-refractivity contribution < 1.29 is 32.9 Å². The quantitative estimate of drug-likeness (QED) is 0.0272. The Morgan fingerprint density at radius 3 is 1.10 bits per heavy atom. The SMILES string of the molecule is CC/C=C\C/C=C\C/C=C\C/C=C\C/C=C\C/C=C\C/C=C\C/C=C\C/C=C\C/C=C\C/C=C\C/C=C\CCCCC(=O)NC(COP(=O)([O-])OCC[N+](C)(C)C)C(O)CCCCCCCCCCCCCCCCCCCC. The summed E-state index contributed by atoms with van der Waals surface area (Å²) in [4.78, 5) is 25.6. The number of quaternary nitrogens is 1. The zero-order valence-corrected chi connectivity index (χ0v) is 52.2. The normalized spacial score (nSPS) is 14.8. The van der Waals surface area contributed by atoms with E-state index in [0.717, 1.165) is 109 Å². The van der Waals surface area contributed by atoms with Crippen LogP contribution in [-0.4, -0.2) is 68.5 Å². The summed E-state index contributed by atoms with van der Waals surface area (Å²) in [5, 5.41) is 14.0. The van der Waals surface area contributed by atoms with Gasteiger partial charge in [-0.2, -0.15) is 0 Å². The number of aliphatic hydroxyl groups excluding tert-OH is 1. The topological polar surface area (TPSA) is 108 Å². The molecule has 0 rings (SSSR count). The lowest BCUT2D eigenvalue weighted by atomic mass is 10.0. The van der Waals surface area contributed by atoms with Crippen molar-refractivity contribution in [1.82, 2.24) is 5.32 Å². The maximum Gasteiger partial charge on any atom is 0.268 e. The van der Waals surface area contributed by atoms with Crippen LogP contribution in [0.15, 0.2) is 146 Å². The van der Waals surface area contributed by atoms with Gasteiger partial charge in [0.25, 0.3) is 7.82 Å². The Morgan fingerprint density at radius 2 is 0.772 bits per heavy atom. The molecule has 8 nitrogen and oxygen atoms in total. The van der Waals surface area contributed by atoms with Gasteiger partial charge in [0, 0.05) is 6.42 Å². The minimum atomic E-state index is -4.60. The highest BCUT2D eigenvalue weighted by molar-refractivity contribution is 7.45. The van der Waals surface area contributed by atoms with E-state index in [-0.39, 0.29) is 19.1 Å². The van der Waals surface area contributed by atoms with Crippen molar-refractivity contribution in [3.8, 4) is 0 Å². The van der Waals surface area contributed by atoms with Crippen LogP contribution < -0.4 is 10.2 Å². The number of nitrogens with zero attached hydrogens (tertiary/aromatic N) is 1. The number of hydrogen-bond donors (Lipinski definition) is 2. The lowest BCUT2D eigenvalue weighted by Gasteiger charge is -2.30. The lowest BCUT2D eigenvalue weighted by molar-refractivity contribution is -0.870. The van der Waals surface area contributed by atoms with Crippen molar-refractivity contribution >= 4 is 13.7 Å². The third-order valence-electron chi connectivity index (χ3n) is 13.3. The molecule has 0 aromatic carbocycles. The van der Waals surface area contributed by atoms with Crippen molar-refractivity contribution in [2.24, 2.45) is 0 Å². The number of phosphoric acid groups is 1. The molecule has 0 aliphatic heterocycles. The number of nitrogens with one attached hydrogen (secondary N) is 1. The summed E-state index contributed by atoms with van der Waals surface area (Å²) >= 11 is 0. The smallest absolute Gasteiger partial charge is 0.268 e. The van der Waals surface area contributed by atoms with Crippen LogP contribution in [0.2, 0.25) is 0 Å². The summed E-state index contributed by atoms with van der Waals surface area (Å²) in [5.74, 6) is -0.211. The third-order valence-corrected chi connectivity index (χ3v) is 14.3. The number of aliphatic hydroxyl groups is 1. The standard InChI is InChI=1S/C70H119N2O6P/c1-6-8-10-12-14-16-18-20-22-24-26-27-28-29-30-31-32-33-34-35-36-37-38-39-40-41-42-43-44-45-46-48-50-52-54-56-58-60-62-64-70(74)71-68(67-78-79(75,76)77-66-65-72(3,4)5)69(73)63-61-59-57-55-53-51-49-47-25-23-21-19-17-15-13-11-9-7-2/h8,10,14,16,20,22,26-27,29-30,32-33,35-36,38-39,41-42,44-45,48,50,54,56,68-69,73H,6-7,9,11-13,15,17-19,21,23-25,28,31,34,37,40,43,46-47,49,51-53,55,57-67H2,1-5H3,(H-,71,74,75,76)/b10-8-,16-14-,22-20-,27-26-,30-29-,33-32-,36-35-,39-38-,42-41-,45-44-,50-48-,56-54-. The second-order valence-corrected chi connectivity index (χ2v) is 23.4. The van der Waals surface area contributed by atoms with Crippen molar-refractivity contribution in [1.29, 1.82) is 0 Å². The first-order valence-electron chi connectivity index (χ1n) is 31.7. The molecule has 3 unspecified atom stereocenters. The second-order valence-electron chi connectivity index (χ2n) is 22.0. The highest BCUT2D eigenvalue weighted by Crippen LogP contribution is 2.38. The molecule has 450 valence electrons. The molecule has 0 saturated carbocycles. The number of carbonyl (C=O) groups excluding carboxylic acids is 1. The Morgan fingerprint density at radius 1 is 0.456 bits per heavy atom. The number of allylic oxidation sites excluding steroid dienone is 24. The Hall–Kier alpha value is -3.62. The average molecular weight is 1120 g/mol. The van der Waals surface area contributed by atoms with Gasteiger partial charge in [-0.3, -0.25) is 9.36 Å². The summed E-state index contributed by atoms with van der Waals surface area (Å²) < 4.78 is 23.4. The maximum absolute atomic E-state index is 13.0. The van der Waals surface area contributed by atoms with Crippen molar-refractivity contribution in [2.75, 3.05) is 40.9 Å². The van der Waals surface area contributed by atoms with E-state index in [0.29, 0.717) is 30.3 Å². The summed E-state index contributed by atoms with van der Waals surface area (Å²) in [6, 6.07) is -0.835. The molecular weight excluding hydrogens is 996 g/mol. The second kappa shape index (κ2) is 59.0. The van der Waals surface area contributed by atoms with Gasteiger partial charge in [-0.05, 0) is 103 Å². The fraction of sp³-hybridized carbons (Fsp3) is 0.643. The zero-order chi connectivity index (χ0) is 57.7. The van der Waals surface area contributed by atoms with Crippen LogP contribution in [0.1, 0.15) is 239 Å². The van der Waals surface area contributed by atoms with E-state index in [9.17, 15) is 19.4 Å². The molecule has 2 N–H and O–H groups in total. The van der Waals surface area contributed by atoms with Crippen LogP contribution in [0.4, 0.5) is 0 Å². The number of amides is 1. The minimum Gasteiger partial charge on any atom is -0.756 e. The first kappa shape index (κ1) is 75.4. The van der Waals surface area contributed by atoms with Gasteiger partial charge in [-0.1, -0.05) is 275 Å². The molecule has 0 aromatic rings. The summed E-state index contributed by atoms with van der Waals surface area (Å²) in [6.45, 7) is 4.57. The molecule has 0 fully saturated rings. The molecule has 0 aliphatic carbocycles. The van der Waals surface area contributed by atoms with Gasteiger partial charge in [0.1, 0.15) is 13.2 Å². The molecule has 0 saturated heterocycles. The van der Waals surface area contributed by atoms with Gasteiger partial charge in [0.15, 0.2) is 0 Å². The Bertz CT molecular complexity index is 1790. The maximum atomic E-state index is 13.0. The molecule has 3 atom stereocenters. The number of rotatable bonds is 56. The van der Waals surface area contributed by atoms with Crippen molar-refractivity contribution in [3.05, 3.63) is 146 Å². The van der Waals surface area contributed by atoms with Crippen LogP contribution in [0, 0.1) is 0 Å². The Kier molecular flexibility index (Phi) is 56.3. The van der Waals surface area contributed by atoms with Crippen molar-refractivity contribution in [2.45, 2.75) is 251 Å². The lowest BCUT2D eigenvalue weighted by Crippen LogP contribution is -2.46. The van der Waals surface area contributed by atoms with Gasteiger partial charge in [-0.25, -0.2) is 0 Å². The molecule has 0 heterocycles. The van der Waals surface area contributed by atoms with E-state index in [1.807, 2.05) is 21.1 Å². The Balaban J connectivity index is 4.24. The van der Waals surface area contributed by atoms with Gasteiger partial charge in [0.05, 0.1) is 39.9 Å². The predicted octanol–water partition coefficient (Wildman–Crippen LogP) is 19.4. The van der Waals surface area contributed by atoms with Crippen molar-refractivity contribution in [3.63, 3.8) is 0 Å². The van der Waals surface area contributed by atoms with Gasteiger partial charge in [0.2, 0.25) is 5.91 Å². The first-order chi connectivity index (χ1) is 38.5. The van der Waals surface area contributed by atoms with E-state index in [1.165, 1.54) is 96.3 Å². The molecule has 0 spiro atoms. The predicted molar refractivity (Wildman–Crippen MR) is 343 cm³/mol. The summed E-state index contributed by atoms with van der Waals surface area (Å²) in [5.41, 5.74) is 0. The van der Waals surface area contributed by atoms with E-state index in [2.05, 4.69) is 165 Å². The van der Waals surface area contributed by atoms with Crippen LogP contribution in [0.25, 0.3) is 0 Å². The van der Waals surface area contributed by atoms with Crippen LogP contribution in [0.3, 0.4) is 0 Å². The number of likely N-dealkylation sites (N-methyl/N-ethyl adjacent to an activating group) is 1. The highest BCUT2D eigenvalue weighted by Gasteiger charge is 2.24. The summed E-state index contributed by atoms with van der Waals surface area (Å²) in [6.07, 6.45) is 90.4. The van der Waals surface area contributed by atoms with Gasteiger partial charge in [-0.15, -0.1) is 0 Å². The third kappa shape index (κ3) is 61.8. The minimum absolute atomic E-state index is 0.00392. The van der Waals surface area contributed by atoms with Gasteiger partial charge < -0.3 is 28.8 Å². The average Bonchev–Trinajstić information content (AvgIpc) is 3.42. The fourth-order valence-corrected chi connectivity index (χ4v) is 9.16. The largest absolute Gasteiger partial charge is 0.756 e.